The maximum absolute atomic E-state index is 11.4. The van der Waals surface area contributed by atoms with E-state index in [1.165, 1.54) is 6.42 Å². The molecule has 2 atom stereocenters. The van der Waals surface area contributed by atoms with Gasteiger partial charge in [0, 0.05) is 6.04 Å². The van der Waals surface area contributed by atoms with Crippen molar-refractivity contribution in [3.8, 4) is 0 Å². The summed E-state index contributed by atoms with van der Waals surface area (Å²) in [7, 11) is 0. The summed E-state index contributed by atoms with van der Waals surface area (Å²) in [5, 5.41) is 9.38. The van der Waals surface area contributed by atoms with E-state index in [0.29, 0.717) is 17.4 Å². The first-order chi connectivity index (χ1) is 7.62. The van der Waals surface area contributed by atoms with Crippen LogP contribution in [-0.4, -0.2) is 34.1 Å². The Balaban J connectivity index is 2.93. The van der Waals surface area contributed by atoms with E-state index < -0.39 is 11.5 Å². The van der Waals surface area contributed by atoms with Crippen LogP contribution in [0.5, 0.6) is 0 Å². The van der Waals surface area contributed by atoms with Gasteiger partial charge in [-0.2, -0.15) is 0 Å². The Bertz CT molecular complexity index is 297. The van der Waals surface area contributed by atoms with Gasteiger partial charge in [0.2, 0.25) is 0 Å². The minimum atomic E-state index is -0.770. The van der Waals surface area contributed by atoms with E-state index in [9.17, 15) is 9.90 Å². The number of carboxylic acids is 1. The third-order valence-electron chi connectivity index (χ3n) is 4.28. The van der Waals surface area contributed by atoms with Gasteiger partial charge >= 0.3 is 5.97 Å². The van der Waals surface area contributed by atoms with Gasteiger partial charge in [0.1, 0.15) is 5.54 Å². The lowest BCUT2D eigenvalue weighted by Gasteiger charge is -2.41. The Morgan fingerprint density at radius 3 is 2.24 bits per heavy atom. The minimum absolute atomic E-state index is 0.339. The molecule has 0 amide bonds. The first-order valence-electron chi connectivity index (χ1n) is 6.62. The first kappa shape index (κ1) is 14.5. The second-order valence-corrected chi connectivity index (χ2v) is 6.77. The molecule has 3 heteroatoms. The van der Waals surface area contributed by atoms with Crippen LogP contribution in [0.3, 0.4) is 0 Å². The molecule has 0 aromatic heterocycles. The van der Waals surface area contributed by atoms with Crippen molar-refractivity contribution < 1.29 is 9.90 Å². The molecule has 3 nitrogen and oxygen atoms in total. The summed E-state index contributed by atoms with van der Waals surface area (Å²) in [6.07, 6.45) is 2.28. The summed E-state index contributed by atoms with van der Waals surface area (Å²) < 4.78 is 0. The van der Waals surface area contributed by atoms with Crippen LogP contribution in [0, 0.1) is 11.3 Å². The molecule has 0 saturated heterocycles. The Hall–Kier alpha value is -0.570. The SMILES string of the molecule is CCN(C1CC(C)(C)CC1C)C(C)(C)C(=O)O. The number of likely N-dealkylation sites (N-methyl/N-ethyl adjacent to an activating group) is 1. The average molecular weight is 241 g/mol. The van der Waals surface area contributed by atoms with Gasteiger partial charge in [-0.15, -0.1) is 0 Å². The molecule has 0 radical (unpaired) electrons. The van der Waals surface area contributed by atoms with E-state index in [2.05, 4.69) is 32.6 Å². The molecule has 1 fully saturated rings. The van der Waals surface area contributed by atoms with Gasteiger partial charge in [0.05, 0.1) is 0 Å². The van der Waals surface area contributed by atoms with Crippen LogP contribution in [0.1, 0.15) is 54.4 Å². The van der Waals surface area contributed by atoms with Crippen LogP contribution in [0.4, 0.5) is 0 Å². The van der Waals surface area contributed by atoms with Gasteiger partial charge in [-0.1, -0.05) is 27.7 Å². The van der Waals surface area contributed by atoms with Crippen molar-refractivity contribution >= 4 is 5.97 Å². The summed E-state index contributed by atoms with van der Waals surface area (Å²) >= 11 is 0. The van der Waals surface area contributed by atoms with Gasteiger partial charge in [0.25, 0.3) is 0 Å². The first-order valence-corrected chi connectivity index (χ1v) is 6.62. The topological polar surface area (TPSA) is 40.5 Å². The zero-order valence-electron chi connectivity index (χ0n) is 12.1. The van der Waals surface area contributed by atoms with Crippen LogP contribution >= 0.6 is 0 Å². The Labute approximate surface area is 105 Å². The van der Waals surface area contributed by atoms with E-state index >= 15 is 0 Å². The smallest absolute Gasteiger partial charge is 0.323 e. The summed E-state index contributed by atoms with van der Waals surface area (Å²) in [5.74, 6) is -0.153. The van der Waals surface area contributed by atoms with Crippen molar-refractivity contribution in [3.05, 3.63) is 0 Å². The average Bonchev–Trinajstić information content (AvgIpc) is 2.40. The molecule has 0 aliphatic heterocycles. The fraction of sp³-hybridized carbons (Fsp3) is 0.929. The minimum Gasteiger partial charge on any atom is -0.480 e. The van der Waals surface area contributed by atoms with Gasteiger partial charge in [-0.25, -0.2) is 0 Å². The standard InChI is InChI=1S/C14H27NO2/c1-7-15(14(5,6)12(16)17)11-9-13(3,4)8-10(11)2/h10-11H,7-9H2,1-6H3,(H,16,17). The molecule has 0 bridgehead atoms. The quantitative estimate of drug-likeness (QED) is 0.822. The Kier molecular flexibility index (Phi) is 3.92. The van der Waals surface area contributed by atoms with Crippen LogP contribution in [0.2, 0.25) is 0 Å². The predicted octanol–water partition coefficient (Wildman–Crippen LogP) is 3.00. The number of carbonyl (C=O) groups is 1. The largest absolute Gasteiger partial charge is 0.480 e. The molecule has 0 spiro atoms. The molecule has 1 N–H and O–H groups in total. The normalized spacial score (nSPS) is 28.6. The van der Waals surface area contributed by atoms with Crippen LogP contribution < -0.4 is 0 Å². The highest BCUT2D eigenvalue weighted by Crippen LogP contribution is 2.44. The van der Waals surface area contributed by atoms with Crippen molar-refractivity contribution in [2.75, 3.05) is 6.54 Å². The molecular weight excluding hydrogens is 214 g/mol. The summed E-state index contributed by atoms with van der Waals surface area (Å²) in [5.41, 5.74) is -0.430. The van der Waals surface area contributed by atoms with E-state index in [-0.39, 0.29) is 0 Å². The molecule has 2 unspecified atom stereocenters. The number of nitrogens with zero attached hydrogens (tertiary/aromatic N) is 1. The third-order valence-corrected chi connectivity index (χ3v) is 4.28. The van der Waals surface area contributed by atoms with Crippen molar-refractivity contribution in [2.24, 2.45) is 11.3 Å². The molecule has 100 valence electrons. The highest BCUT2D eigenvalue weighted by Gasteiger charge is 2.45. The van der Waals surface area contributed by atoms with Gasteiger partial charge in [-0.05, 0) is 44.6 Å². The lowest BCUT2D eigenvalue weighted by molar-refractivity contribution is -0.151. The zero-order valence-corrected chi connectivity index (χ0v) is 12.1. The molecule has 0 aromatic carbocycles. The molecule has 17 heavy (non-hydrogen) atoms. The predicted molar refractivity (Wildman–Crippen MR) is 70.1 cm³/mol. The van der Waals surface area contributed by atoms with Gasteiger partial charge in [-0.3, -0.25) is 9.69 Å². The monoisotopic (exact) mass is 241 g/mol. The van der Waals surface area contributed by atoms with E-state index in [1.54, 1.807) is 0 Å². The summed E-state index contributed by atoms with van der Waals surface area (Å²) in [4.78, 5) is 13.6. The fourth-order valence-corrected chi connectivity index (χ4v) is 3.44. The number of hydrogen-bond acceptors (Lipinski definition) is 2. The number of rotatable bonds is 4. The summed E-state index contributed by atoms with van der Waals surface area (Å²) in [6, 6.07) is 0.390. The van der Waals surface area contributed by atoms with Gasteiger partial charge in [0.15, 0.2) is 0 Å². The van der Waals surface area contributed by atoms with E-state index in [1.807, 2.05) is 13.8 Å². The highest BCUT2D eigenvalue weighted by atomic mass is 16.4. The molecule has 1 aliphatic rings. The number of hydrogen-bond donors (Lipinski definition) is 1. The molecule has 1 rings (SSSR count). The molecule has 0 aromatic rings. The van der Waals surface area contributed by atoms with E-state index in [4.69, 9.17) is 0 Å². The second kappa shape index (κ2) is 4.60. The maximum atomic E-state index is 11.4. The Morgan fingerprint density at radius 2 is 1.94 bits per heavy atom. The number of aliphatic carboxylic acids is 1. The van der Waals surface area contributed by atoms with Crippen LogP contribution in [-0.2, 0) is 4.79 Å². The molecule has 0 heterocycles. The zero-order chi connectivity index (χ0) is 13.4. The second-order valence-electron chi connectivity index (χ2n) is 6.77. The van der Waals surface area contributed by atoms with Crippen molar-refractivity contribution in [1.29, 1.82) is 0 Å². The third kappa shape index (κ3) is 2.82. The lowest BCUT2D eigenvalue weighted by Crippen LogP contribution is -2.55. The lowest BCUT2D eigenvalue weighted by atomic mass is 9.90. The van der Waals surface area contributed by atoms with Gasteiger partial charge < -0.3 is 5.11 Å². The number of carboxylic acid groups (broad SMARTS) is 1. The van der Waals surface area contributed by atoms with Crippen molar-refractivity contribution in [2.45, 2.75) is 66.0 Å². The van der Waals surface area contributed by atoms with E-state index in [0.717, 1.165) is 13.0 Å². The molecule has 1 saturated carbocycles. The van der Waals surface area contributed by atoms with Crippen LogP contribution in [0.25, 0.3) is 0 Å². The van der Waals surface area contributed by atoms with Crippen molar-refractivity contribution in [1.82, 2.24) is 4.90 Å². The Morgan fingerprint density at radius 1 is 1.41 bits per heavy atom. The van der Waals surface area contributed by atoms with Crippen LogP contribution in [0.15, 0.2) is 0 Å². The highest BCUT2D eigenvalue weighted by molar-refractivity contribution is 5.77. The van der Waals surface area contributed by atoms with Crippen molar-refractivity contribution in [3.63, 3.8) is 0 Å². The fourth-order valence-electron chi connectivity index (χ4n) is 3.44. The maximum Gasteiger partial charge on any atom is 0.323 e. The molecular formula is C14H27NO2. The summed E-state index contributed by atoms with van der Waals surface area (Å²) in [6.45, 7) is 13.3. The molecule has 1 aliphatic carbocycles.